The van der Waals surface area contributed by atoms with Crippen LogP contribution in [-0.2, 0) is 0 Å². The summed E-state index contributed by atoms with van der Waals surface area (Å²) in [6.07, 6.45) is 0. The van der Waals surface area contributed by atoms with E-state index in [-0.39, 0.29) is 11.7 Å². The lowest BCUT2D eigenvalue weighted by molar-refractivity contribution is 0.0745. The number of carbonyl (C=O) groups is 1. The highest BCUT2D eigenvalue weighted by Crippen LogP contribution is 2.39. The third-order valence-electron chi connectivity index (χ3n) is 5.33. The van der Waals surface area contributed by atoms with E-state index in [2.05, 4.69) is 9.88 Å². The largest absolute Gasteiger partial charge is 0.490 e. The standard InChI is InChI=1S/C24H28FN3O4S/c1-4-30-19-13-16(14-20(31-5-2)22(19)32-6-3)23(29)27-9-11-28(12-10-27)24-26-18-8-7-17(25)15-21(18)33-24/h7-8,13-15H,4-6,9-12H2,1-3H3. The van der Waals surface area contributed by atoms with E-state index in [1.54, 1.807) is 18.2 Å². The molecule has 0 bridgehead atoms. The van der Waals surface area contributed by atoms with E-state index in [0.29, 0.717) is 68.8 Å². The molecule has 1 fully saturated rings. The van der Waals surface area contributed by atoms with E-state index < -0.39 is 0 Å². The van der Waals surface area contributed by atoms with Crippen LogP contribution in [0.3, 0.4) is 0 Å². The molecule has 9 heteroatoms. The van der Waals surface area contributed by atoms with E-state index in [9.17, 15) is 9.18 Å². The molecule has 1 aliphatic rings. The van der Waals surface area contributed by atoms with Gasteiger partial charge in [-0.3, -0.25) is 4.79 Å². The van der Waals surface area contributed by atoms with Gasteiger partial charge in [-0.1, -0.05) is 11.3 Å². The molecule has 0 unspecified atom stereocenters. The minimum absolute atomic E-state index is 0.0778. The molecule has 0 radical (unpaired) electrons. The lowest BCUT2D eigenvalue weighted by Gasteiger charge is -2.34. The number of aromatic nitrogens is 1. The third kappa shape index (κ3) is 4.98. The Morgan fingerprint density at radius 3 is 2.21 bits per heavy atom. The van der Waals surface area contributed by atoms with Crippen LogP contribution in [0.4, 0.5) is 9.52 Å². The highest BCUT2D eigenvalue weighted by molar-refractivity contribution is 7.22. The average Bonchev–Trinajstić information content (AvgIpc) is 3.24. The van der Waals surface area contributed by atoms with Gasteiger partial charge in [-0.2, -0.15) is 0 Å². The van der Waals surface area contributed by atoms with Crippen LogP contribution in [-0.4, -0.2) is 61.8 Å². The lowest BCUT2D eigenvalue weighted by atomic mass is 10.1. The summed E-state index contributed by atoms with van der Waals surface area (Å²) in [5.74, 6) is 1.20. The summed E-state index contributed by atoms with van der Waals surface area (Å²) in [5.41, 5.74) is 1.30. The number of thiazole rings is 1. The predicted molar refractivity (Wildman–Crippen MR) is 128 cm³/mol. The van der Waals surface area contributed by atoms with Crippen LogP contribution in [0.1, 0.15) is 31.1 Å². The monoisotopic (exact) mass is 473 g/mol. The van der Waals surface area contributed by atoms with Gasteiger partial charge in [0.2, 0.25) is 5.75 Å². The summed E-state index contributed by atoms with van der Waals surface area (Å²) in [4.78, 5) is 21.9. The number of amides is 1. The lowest BCUT2D eigenvalue weighted by Crippen LogP contribution is -2.48. The topological polar surface area (TPSA) is 64.1 Å². The third-order valence-corrected chi connectivity index (χ3v) is 6.41. The van der Waals surface area contributed by atoms with Crippen molar-refractivity contribution in [3.63, 3.8) is 0 Å². The molecule has 0 saturated carbocycles. The summed E-state index contributed by atoms with van der Waals surface area (Å²) in [6, 6.07) is 8.09. The van der Waals surface area contributed by atoms with Gasteiger partial charge in [0.1, 0.15) is 5.82 Å². The zero-order valence-electron chi connectivity index (χ0n) is 19.1. The van der Waals surface area contributed by atoms with Crippen LogP contribution in [0.5, 0.6) is 17.2 Å². The first-order valence-corrected chi connectivity index (χ1v) is 12.0. The average molecular weight is 474 g/mol. The zero-order valence-corrected chi connectivity index (χ0v) is 19.9. The smallest absolute Gasteiger partial charge is 0.254 e. The van der Waals surface area contributed by atoms with Crippen LogP contribution >= 0.6 is 11.3 Å². The molecule has 4 rings (SSSR count). The Bertz CT molecular complexity index is 1100. The highest BCUT2D eigenvalue weighted by Gasteiger charge is 2.26. The molecule has 0 spiro atoms. The SMILES string of the molecule is CCOc1cc(C(=O)N2CCN(c3nc4ccc(F)cc4s3)CC2)cc(OCC)c1OCC. The number of rotatable bonds is 8. The summed E-state index contributed by atoms with van der Waals surface area (Å²) >= 11 is 1.47. The molecule has 0 N–H and O–H groups in total. The van der Waals surface area contributed by atoms with Crippen molar-refractivity contribution in [3.8, 4) is 17.2 Å². The molecule has 1 aromatic heterocycles. The van der Waals surface area contributed by atoms with Gasteiger partial charge in [0.15, 0.2) is 16.6 Å². The van der Waals surface area contributed by atoms with Gasteiger partial charge in [0, 0.05) is 31.7 Å². The second-order valence-electron chi connectivity index (χ2n) is 7.49. The number of anilines is 1. The molecule has 0 atom stereocenters. The number of carbonyl (C=O) groups excluding carboxylic acids is 1. The van der Waals surface area contributed by atoms with Crippen molar-refractivity contribution in [2.75, 3.05) is 50.9 Å². The van der Waals surface area contributed by atoms with Gasteiger partial charge in [0.05, 0.1) is 30.0 Å². The summed E-state index contributed by atoms with van der Waals surface area (Å²) in [7, 11) is 0. The highest BCUT2D eigenvalue weighted by atomic mass is 32.1. The van der Waals surface area contributed by atoms with Crippen LogP contribution in [0.2, 0.25) is 0 Å². The molecular formula is C24H28FN3O4S. The summed E-state index contributed by atoms with van der Waals surface area (Å²) in [6.45, 7) is 9.47. The quantitative estimate of drug-likeness (QED) is 0.477. The molecule has 2 aromatic carbocycles. The van der Waals surface area contributed by atoms with Crippen molar-refractivity contribution in [1.29, 1.82) is 0 Å². The van der Waals surface area contributed by atoms with Crippen molar-refractivity contribution in [1.82, 2.24) is 9.88 Å². The number of ether oxygens (including phenoxy) is 3. The van der Waals surface area contributed by atoms with Gasteiger partial charge in [-0.15, -0.1) is 0 Å². The van der Waals surface area contributed by atoms with Crippen molar-refractivity contribution in [3.05, 3.63) is 41.7 Å². The molecule has 0 aliphatic carbocycles. The Hall–Kier alpha value is -3.07. The van der Waals surface area contributed by atoms with Crippen molar-refractivity contribution >= 4 is 32.6 Å². The van der Waals surface area contributed by atoms with E-state index in [1.807, 2.05) is 25.7 Å². The maximum atomic E-state index is 13.5. The molecule has 33 heavy (non-hydrogen) atoms. The molecule has 176 valence electrons. The number of nitrogens with zero attached hydrogens (tertiary/aromatic N) is 3. The Morgan fingerprint density at radius 2 is 1.61 bits per heavy atom. The van der Waals surface area contributed by atoms with Gasteiger partial charge in [0.25, 0.3) is 5.91 Å². The Kier molecular flexibility index (Phi) is 7.17. The zero-order chi connectivity index (χ0) is 23.4. The fraction of sp³-hybridized carbons (Fsp3) is 0.417. The van der Waals surface area contributed by atoms with Gasteiger partial charge >= 0.3 is 0 Å². The van der Waals surface area contributed by atoms with E-state index >= 15 is 0 Å². The number of hydrogen-bond acceptors (Lipinski definition) is 7. The van der Waals surface area contributed by atoms with E-state index in [1.165, 1.54) is 23.5 Å². The van der Waals surface area contributed by atoms with Gasteiger partial charge < -0.3 is 24.0 Å². The molecule has 1 saturated heterocycles. The second-order valence-corrected chi connectivity index (χ2v) is 8.50. The number of halogens is 1. The number of piperazine rings is 1. The fourth-order valence-corrected chi connectivity index (χ4v) is 4.86. The van der Waals surface area contributed by atoms with Gasteiger partial charge in [-0.05, 0) is 51.1 Å². The Balaban J connectivity index is 1.50. The van der Waals surface area contributed by atoms with Crippen molar-refractivity contribution < 1.29 is 23.4 Å². The summed E-state index contributed by atoms with van der Waals surface area (Å²) < 4.78 is 31.6. The maximum absolute atomic E-state index is 13.5. The predicted octanol–water partition coefficient (Wildman–Crippen LogP) is 4.59. The molecule has 1 aliphatic heterocycles. The van der Waals surface area contributed by atoms with Gasteiger partial charge in [-0.25, -0.2) is 9.37 Å². The number of fused-ring (bicyclic) bond motifs is 1. The van der Waals surface area contributed by atoms with E-state index in [4.69, 9.17) is 14.2 Å². The first-order chi connectivity index (χ1) is 16.0. The normalized spacial score (nSPS) is 13.9. The molecule has 1 amide bonds. The van der Waals surface area contributed by atoms with Crippen LogP contribution < -0.4 is 19.1 Å². The number of benzene rings is 2. The number of hydrogen-bond donors (Lipinski definition) is 0. The van der Waals surface area contributed by atoms with Crippen LogP contribution in [0.25, 0.3) is 10.2 Å². The molecule has 7 nitrogen and oxygen atoms in total. The van der Waals surface area contributed by atoms with E-state index in [0.717, 1.165) is 15.3 Å². The van der Waals surface area contributed by atoms with Crippen LogP contribution in [0.15, 0.2) is 30.3 Å². The molecule has 3 aromatic rings. The molecule has 2 heterocycles. The van der Waals surface area contributed by atoms with Crippen LogP contribution in [0, 0.1) is 5.82 Å². The first-order valence-electron chi connectivity index (χ1n) is 11.2. The van der Waals surface area contributed by atoms with Crippen molar-refractivity contribution in [2.45, 2.75) is 20.8 Å². The molecular weight excluding hydrogens is 445 g/mol. The Morgan fingerprint density at radius 1 is 0.970 bits per heavy atom. The minimum atomic E-state index is -0.263. The maximum Gasteiger partial charge on any atom is 0.254 e. The van der Waals surface area contributed by atoms with Crippen molar-refractivity contribution in [2.24, 2.45) is 0 Å². The second kappa shape index (κ2) is 10.2. The Labute approximate surface area is 196 Å². The minimum Gasteiger partial charge on any atom is -0.490 e. The summed E-state index contributed by atoms with van der Waals surface area (Å²) in [5, 5.41) is 0.848. The fourth-order valence-electron chi connectivity index (χ4n) is 3.82. The first kappa shape index (κ1) is 23.1.